The van der Waals surface area contributed by atoms with Gasteiger partial charge in [-0.15, -0.1) is 0 Å². The number of unbranched alkanes of at least 4 members (excludes halogenated alkanes) is 13. The molecule has 1 saturated heterocycles. The summed E-state index contributed by atoms with van der Waals surface area (Å²) >= 11 is 0. The zero-order valence-corrected chi connectivity index (χ0v) is 41.6. The minimum absolute atomic E-state index is 0. The van der Waals surface area contributed by atoms with Crippen molar-refractivity contribution in [3.63, 3.8) is 0 Å². The molecule has 0 bridgehead atoms. The zero-order chi connectivity index (χ0) is 37.5. The molecule has 0 spiro atoms. The largest absolute Gasteiger partial charge is 1.00 e. The number of nitrogens with zero attached hydrogens (tertiary/aromatic N) is 2. The van der Waals surface area contributed by atoms with Crippen molar-refractivity contribution in [3.8, 4) is 0 Å². The number of rotatable bonds is 30. The zero-order valence-electron chi connectivity index (χ0n) is 35.3. The Morgan fingerprint density at radius 2 is 1.35 bits per heavy atom. The standard InChI is InChI=1S/C27H52N2O4.C13H24O4.CH3.Cs/c1-5-6-7-8-9-10-11-12-16-21-32-26(30)17-14-13-15-19-29-23-25(22-24(29)2)33-27(31)18-20-28(3)4;1-4-17-12(15)13(2,3)9-7-5-6-8-10-16-11-14;;/h24-25H,5-23H2,1-4H3;11H,4-10H2,1-3H3;1H3;/q;;-1;+1. The summed E-state index contributed by atoms with van der Waals surface area (Å²) in [6.45, 7) is 14.7. The number of ether oxygens (including phenoxy) is 4. The van der Waals surface area contributed by atoms with Crippen molar-refractivity contribution in [1.29, 1.82) is 0 Å². The molecule has 1 rings (SSSR count). The maximum Gasteiger partial charge on any atom is 1.00 e. The van der Waals surface area contributed by atoms with Gasteiger partial charge in [-0.3, -0.25) is 24.1 Å². The third kappa shape index (κ3) is 33.2. The molecule has 0 aromatic heterocycles. The van der Waals surface area contributed by atoms with Crippen LogP contribution in [0.4, 0.5) is 0 Å². The molecule has 1 aliphatic rings. The van der Waals surface area contributed by atoms with Gasteiger partial charge in [-0.1, -0.05) is 84.0 Å². The Balaban J connectivity index is -0.00000108. The van der Waals surface area contributed by atoms with E-state index in [1.54, 1.807) is 0 Å². The average Bonchev–Trinajstić information content (AvgIpc) is 3.42. The molecule has 2 unspecified atom stereocenters. The molecule has 302 valence electrons. The summed E-state index contributed by atoms with van der Waals surface area (Å²) in [5.74, 6) is -0.262. The van der Waals surface area contributed by atoms with Gasteiger partial charge in [0.15, 0.2) is 0 Å². The smallest absolute Gasteiger partial charge is 0.468 e. The van der Waals surface area contributed by atoms with Crippen LogP contribution in [0.2, 0.25) is 0 Å². The monoisotopic (exact) mass is 860 g/mol. The van der Waals surface area contributed by atoms with Gasteiger partial charge in [0.25, 0.3) is 6.47 Å². The van der Waals surface area contributed by atoms with Gasteiger partial charge in [0.1, 0.15) is 6.10 Å². The summed E-state index contributed by atoms with van der Waals surface area (Å²) < 4.78 is 20.6. The molecule has 0 aromatic rings. The topological polar surface area (TPSA) is 112 Å². The first-order valence-corrected chi connectivity index (χ1v) is 19.9. The van der Waals surface area contributed by atoms with E-state index in [1.807, 2.05) is 39.8 Å². The minimum atomic E-state index is -0.394. The summed E-state index contributed by atoms with van der Waals surface area (Å²) in [5.41, 5.74) is -0.394. The summed E-state index contributed by atoms with van der Waals surface area (Å²) in [7, 11) is 3.93. The number of esters is 3. The second-order valence-corrected chi connectivity index (χ2v) is 14.8. The maximum absolute atomic E-state index is 12.0. The van der Waals surface area contributed by atoms with E-state index in [4.69, 9.17) is 14.2 Å². The average molecular weight is 861 g/mol. The first kappa shape index (κ1) is 56.2. The molecule has 0 aliphatic carbocycles. The first-order chi connectivity index (χ1) is 24.0. The second kappa shape index (κ2) is 37.8. The Kier molecular flexibility index (Phi) is 40.8. The maximum atomic E-state index is 12.0. The second-order valence-electron chi connectivity index (χ2n) is 14.8. The predicted molar refractivity (Wildman–Crippen MR) is 207 cm³/mol. The molecule has 10 nitrogen and oxygen atoms in total. The molecular weight excluding hydrogens is 781 g/mol. The van der Waals surface area contributed by atoms with Crippen LogP contribution in [0.25, 0.3) is 0 Å². The van der Waals surface area contributed by atoms with Gasteiger partial charge in [-0.05, 0) is 80.4 Å². The Morgan fingerprint density at radius 1 is 0.769 bits per heavy atom. The molecule has 0 N–H and O–H groups in total. The molecule has 52 heavy (non-hydrogen) atoms. The summed E-state index contributed by atoms with van der Waals surface area (Å²) in [6.07, 6.45) is 21.2. The fraction of sp³-hybridized carbons (Fsp3) is 0.878. The number of hydrogen-bond donors (Lipinski definition) is 0. The Bertz CT molecular complexity index is 874. The third-order valence-electron chi connectivity index (χ3n) is 9.27. The van der Waals surface area contributed by atoms with Gasteiger partial charge in [0, 0.05) is 32.0 Å². The number of likely N-dealkylation sites (tertiary alicyclic amines) is 1. The third-order valence-corrected chi connectivity index (χ3v) is 9.27. The molecule has 1 aliphatic heterocycles. The van der Waals surface area contributed by atoms with Crippen molar-refractivity contribution in [1.82, 2.24) is 9.80 Å². The first-order valence-electron chi connectivity index (χ1n) is 19.9. The van der Waals surface area contributed by atoms with Crippen LogP contribution in [0.15, 0.2) is 0 Å². The van der Waals surface area contributed by atoms with Crippen LogP contribution in [-0.2, 0) is 38.1 Å². The minimum Gasteiger partial charge on any atom is -0.468 e. The molecule has 0 aromatic carbocycles. The van der Waals surface area contributed by atoms with Crippen LogP contribution in [0.3, 0.4) is 0 Å². The SMILES string of the molecule is CCCCCCCCCCCOC(=O)CCCCCN1CC(OC(=O)CCN(C)C)CC1C.CCOC(=O)C(C)(C)CCCCCCOC=O.[CH3-].[Cs+]. The van der Waals surface area contributed by atoms with E-state index in [1.165, 1.54) is 51.4 Å². The van der Waals surface area contributed by atoms with E-state index >= 15 is 0 Å². The van der Waals surface area contributed by atoms with Crippen LogP contribution < -0.4 is 68.9 Å². The van der Waals surface area contributed by atoms with Gasteiger partial charge in [0.2, 0.25) is 0 Å². The van der Waals surface area contributed by atoms with E-state index in [0.717, 1.165) is 83.8 Å². The Hall–Kier alpha value is -0.148. The van der Waals surface area contributed by atoms with E-state index in [2.05, 4.69) is 23.5 Å². The molecule has 11 heteroatoms. The van der Waals surface area contributed by atoms with Gasteiger partial charge >= 0.3 is 86.8 Å². The van der Waals surface area contributed by atoms with Crippen LogP contribution in [0, 0.1) is 12.8 Å². The van der Waals surface area contributed by atoms with E-state index in [-0.39, 0.29) is 100 Å². The van der Waals surface area contributed by atoms with E-state index < -0.39 is 5.41 Å². The van der Waals surface area contributed by atoms with E-state index in [0.29, 0.717) is 45.2 Å². The summed E-state index contributed by atoms with van der Waals surface area (Å²) in [4.78, 5) is 49.7. The molecule has 0 radical (unpaired) electrons. The van der Waals surface area contributed by atoms with Crippen LogP contribution in [-0.4, -0.2) is 99.9 Å². The van der Waals surface area contributed by atoms with Gasteiger partial charge < -0.3 is 31.3 Å². The summed E-state index contributed by atoms with van der Waals surface area (Å²) in [6, 6.07) is 0.443. The van der Waals surface area contributed by atoms with Crippen LogP contribution in [0.5, 0.6) is 0 Å². The van der Waals surface area contributed by atoms with Gasteiger partial charge in [0.05, 0.1) is 31.7 Å². The summed E-state index contributed by atoms with van der Waals surface area (Å²) in [5, 5.41) is 0. The molecule has 1 fully saturated rings. The number of carbonyl (C=O) groups is 4. The van der Waals surface area contributed by atoms with Gasteiger partial charge in [-0.25, -0.2) is 0 Å². The number of carbonyl (C=O) groups excluding carboxylic acids is 4. The molecule has 0 amide bonds. The molecule has 1 heterocycles. The van der Waals surface area contributed by atoms with Gasteiger partial charge in [-0.2, -0.15) is 0 Å². The van der Waals surface area contributed by atoms with Crippen molar-refractivity contribution in [2.24, 2.45) is 5.41 Å². The quantitative estimate of drug-likeness (QED) is 0.0292. The van der Waals surface area contributed by atoms with Crippen molar-refractivity contribution in [3.05, 3.63) is 7.43 Å². The fourth-order valence-corrected chi connectivity index (χ4v) is 6.02. The Morgan fingerprint density at radius 3 is 1.94 bits per heavy atom. The van der Waals surface area contributed by atoms with Crippen molar-refractivity contribution in [2.45, 2.75) is 175 Å². The van der Waals surface area contributed by atoms with Crippen molar-refractivity contribution < 1.29 is 107 Å². The van der Waals surface area contributed by atoms with Crippen LogP contribution >= 0.6 is 0 Å². The molecular formula is C41H79CsN2O8. The van der Waals surface area contributed by atoms with E-state index in [9.17, 15) is 19.2 Å². The van der Waals surface area contributed by atoms with Crippen molar-refractivity contribution in [2.75, 3.05) is 53.6 Å². The Labute approximate surface area is 378 Å². The normalized spacial score (nSPS) is 15.5. The molecule has 2 atom stereocenters. The van der Waals surface area contributed by atoms with Crippen LogP contribution in [0.1, 0.15) is 163 Å². The number of hydrogen-bond acceptors (Lipinski definition) is 10. The predicted octanol–water partition coefficient (Wildman–Crippen LogP) is 5.73. The van der Waals surface area contributed by atoms with Crippen molar-refractivity contribution >= 4 is 24.4 Å². The fourth-order valence-electron chi connectivity index (χ4n) is 6.02. The molecule has 0 saturated carbocycles.